The molecule has 17 heavy (non-hydrogen) atoms. The van der Waals surface area contributed by atoms with Crippen LogP contribution in [0.3, 0.4) is 0 Å². The summed E-state index contributed by atoms with van der Waals surface area (Å²) in [6, 6.07) is 0. The Morgan fingerprint density at radius 1 is 1.24 bits per heavy atom. The molecule has 1 saturated heterocycles. The van der Waals surface area contributed by atoms with Crippen molar-refractivity contribution in [3.8, 4) is 0 Å². The van der Waals surface area contributed by atoms with Crippen molar-refractivity contribution in [2.75, 3.05) is 57.8 Å². The second-order valence-electron chi connectivity index (χ2n) is 5.10. The van der Waals surface area contributed by atoms with E-state index < -0.39 is 9.84 Å². The van der Waals surface area contributed by atoms with Crippen molar-refractivity contribution in [2.24, 2.45) is 11.7 Å². The van der Waals surface area contributed by atoms with Crippen molar-refractivity contribution < 1.29 is 8.42 Å². The first-order chi connectivity index (χ1) is 7.93. The molecular weight excluding hydrogens is 238 g/mol. The van der Waals surface area contributed by atoms with Crippen LogP contribution in [0.15, 0.2) is 0 Å². The van der Waals surface area contributed by atoms with Gasteiger partial charge < -0.3 is 10.6 Å². The molecule has 0 bridgehead atoms. The third-order valence-electron chi connectivity index (χ3n) is 3.26. The molecule has 6 heteroatoms. The topological polar surface area (TPSA) is 66.6 Å². The largest absolute Gasteiger partial charge is 0.330 e. The Bertz CT molecular complexity index is 311. The minimum Gasteiger partial charge on any atom is -0.330 e. The third kappa shape index (κ3) is 5.81. The number of likely N-dealkylation sites (N-methyl/N-ethyl adjacent to an activating group) is 1. The molecule has 1 aliphatic rings. The fraction of sp³-hybridized carbons (Fsp3) is 1.00. The zero-order chi connectivity index (χ0) is 12.9. The zero-order valence-corrected chi connectivity index (χ0v) is 11.7. The van der Waals surface area contributed by atoms with Gasteiger partial charge in [-0.1, -0.05) is 6.92 Å². The molecule has 1 atom stereocenters. The standard InChI is InChI=1S/C11H25N3O2S/c1-11(9-12)10-17(15,16)8-7-14-5-3-13(2)4-6-14/h11H,3-10,12H2,1-2H3. The molecule has 1 aliphatic heterocycles. The lowest BCUT2D eigenvalue weighted by atomic mass is 10.2. The van der Waals surface area contributed by atoms with Crippen LogP contribution in [-0.2, 0) is 9.84 Å². The lowest BCUT2D eigenvalue weighted by Crippen LogP contribution is -2.46. The smallest absolute Gasteiger partial charge is 0.151 e. The van der Waals surface area contributed by atoms with Crippen molar-refractivity contribution in [3.05, 3.63) is 0 Å². The van der Waals surface area contributed by atoms with Crippen LogP contribution in [0.2, 0.25) is 0 Å². The Balaban J connectivity index is 2.29. The van der Waals surface area contributed by atoms with Gasteiger partial charge in [-0.3, -0.25) is 4.90 Å². The molecule has 1 heterocycles. The normalized spacial score (nSPS) is 21.6. The molecule has 0 saturated carbocycles. The Kier molecular flexibility index (Phi) is 5.85. The highest BCUT2D eigenvalue weighted by Gasteiger charge is 2.19. The minimum atomic E-state index is -2.94. The van der Waals surface area contributed by atoms with Crippen LogP contribution in [0.1, 0.15) is 6.92 Å². The fourth-order valence-electron chi connectivity index (χ4n) is 1.92. The van der Waals surface area contributed by atoms with Gasteiger partial charge in [-0.15, -0.1) is 0 Å². The van der Waals surface area contributed by atoms with E-state index in [-0.39, 0.29) is 17.4 Å². The lowest BCUT2D eigenvalue weighted by Gasteiger charge is -2.32. The minimum absolute atomic E-state index is 0.0625. The number of hydrogen-bond acceptors (Lipinski definition) is 5. The van der Waals surface area contributed by atoms with Crippen LogP contribution in [0.5, 0.6) is 0 Å². The van der Waals surface area contributed by atoms with Crippen LogP contribution in [0, 0.1) is 5.92 Å². The molecule has 0 spiro atoms. The predicted molar refractivity (Wildman–Crippen MR) is 70.8 cm³/mol. The van der Waals surface area contributed by atoms with Crippen molar-refractivity contribution in [2.45, 2.75) is 6.92 Å². The number of piperazine rings is 1. The van der Waals surface area contributed by atoms with E-state index in [1.807, 2.05) is 6.92 Å². The number of rotatable bonds is 6. The van der Waals surface area contributed by atoms with Crippen LogP contribution < -0.4 is 5.73 Å². The molecule has 0 aromatic carbocycles. The van der Waals surface area contributed by atoms with E-state index in [9.17, 15) is 8.42 Å². The van der Waals surface area contributed by atoms with Gasteiger partial charge in [0, 0.05) is 32.7 Å². The van der Waals surface area contributed by atoms with Crippen molar-refractivity contribution >= 4 is 9.84 Å². The second-order valence-corrected chi connectivity index (χ2v) is 7.33. The predicted octanol–water partition coefficient (Wildman–Crippen LogP) is -0.757. The van der Waals surface area contributed by atoms with Crippen LogP contribution in [-0.4, -0.2) is 76.0 Å². The summed E-state index contributed by atoms with van der Waals surface area (Å²) in [7, 11) is -0.847. The third-order valence-corrected chi connectivity index (χ3v) is 5.14. The number of nitrogens with zero attached hydrogens (tertiary/aromatic N) is 2. The van der Waals surface area contributed by atoms with E-state index in [0.29, 0.717) is 13.1 Å². The maximum absolute atomic E-state index is 11.8. The van der Waals surface area contributed by atoms with Gasteiger partial charge in [0.1, 0.15) is 0 Å². The van der Waals surface area contributed by atoms with Gasteiger partial charge in [-0.05, 0) is 19.5 Å². The zero-order valence-electron chi connectivity index (χ0n) is 10.9. The first-order valence-electron chi connectivity index (χ1n) is 6.24. The Hall–Kier alpha value is -0.170. The first kappa shape index (κ1) is 14.9. The highest BCUT2D eigenvalue weighted by atomic mass is 32.2. The molecular formula is C11H25N3O2S. The van der Waals surface area contributed by atoms with Crippen LogP contribution in [0.25, 0.3) is 0 Å². The van der Waals surface area contributed by atoms with E-state index in [0.717, 1.165) is 26.2 Å². The SMILES string of the molecule is CC(CN)CS(=O)(=O)CCN1CCN(C)CC1. The number of sulfone groups is 1. The molecule has 0 aromatic rings. The number of hydrogen-bond donors (Lipinski definition) is 1. The summed E-state index contributed by atoms with van der Waals surface area (Å²) in [5.74, 6) is 0.547. The highest BCUT2D eigenvalue weighted by Crippen LogP contribution is 2.03. The molecule has 0 radical (unpaired) electrons. The van der Waals surface area contributed by atoms with E-state index in [1.54, 1.807) is 0 Å². The van der Waals surface area contributed by atoms with E-state index in [4.69, 9.17) is 5.73 Å². The molecule has 0 amide bonds. The van der Waals surface area contributed by atoms with E-state index >= 15 is 0 Å². The summed E-state index contributed by atoms with van der Waals surface area (Å²) < 4.78 is 23.6. The summed E-state index contributed by atoms with van der Waals surface area (Å²) in [5, 5.41) is 0. The van der Waals surface area contributed by atoms with Gasteiger partial charge in [0.05, 0.1) is 11.5 Å². The van der Waals surface area contributed by atoms with E-state index in [2.05, 4.69) is 16.8 Å². The number of nitrogens with two attached hydrogens (primary N) is 1. The summed E-state index contributed by atoms with van der Waals surface area (Å²) in [6.45, 7) is 6.98. The van der Waals surface area contributed by atoms with Crippen LogP contribution >= 0.6 is 0 Å². The summed E-state index contributed by atoms with van der Waals surface area (Å²) in [5.41, 5.74) is 5.45. The van der Waals surface area contributed by atoms with Gasteiger partial charge in [0.15, 0.2) is 9.84 Å². The van der Waals surface area contributed by atoms with Gasteiger partial charge in [0.2, 0.25) is 0 Å². The maximum Gasteiger partial charge on any atom is 0.151 e. The maximum atomic E-state index is 11.8. The monoisotopic (exact) mass is 263 g/mol. The molecule has 1 rings (SSSR count). The average molecular weight is 263 g/mol. The summed E-state index contributed by atoms with van der Waals surface area (Å²) >= 11 is 0. The molecule has 102 valence electrons. The summed E-state index contributed by atoms with van der Waals surface area (Å²) in [4.78, 5) is 4.49. The van der Waals surface area contributed by atoms with Crippen molar-refractivity contribution in [1.29, 1.82) is 0 Å². The quantitative estimate of drug-likeness (QED) is 0.682. The van der Waals surface area contributed by atoms with Gasteiger partial charge in [-0.25, -0.2) is 8.42 Å². The highest BCUT2D eigenvalue weighted by molar-refractivity contribution is 7.91. The average Bonchev–Trinajstić information content (AvgIpc) is 2.28. The van der Waals surface area contributed by atoms with Gasteiger partial charge in [0.25, 0.3) is 0 Å². The molecule has 1 unspecified atom stereocenters. The van der Waals surface area contributed by atoms with Crippen molar-refractivity contribution in [3.63, 3.8) is 0 Å². The second kappa shape index (κ2) is 6.68. The molecule has 5 nitrogen and oxygen atoms in total. The first-order valence-corrected chi connectivity index (χ1v) is 8.06. The lowest BCUT2D eigenvalue weighted by molar-refractivity contribution is 0.161. The van der Waals surface area contributed by atoms with Gasteiger partial charge >= 0.3 is 0 Å². The molecule has 1 fully saturated rings. The van der Waals surface area contributed by atoms with Gasteiger partial charge in [-0.2, -0.15) is 0 Å². The van der Waals surface area contributed by atoms with E-state index in [1.165, 1.54) is 0 Å². The Labute approximate surface area is 105 Å². The van der Waals surface area contributed by atoms with Crippen molar-refractivity contribution in [1.82, 2.24) is 9.80 Å². The molecule has 0 aliphatic carbocycles. The Morgan fingerprint density at radius 2 is 1.82 bits per heavy atom. The molecule has 0 aromatic heterocycles. The summed E-state index contributed by atoms with van der Waals surface area (Å²) in [6.07, 6.45) is 0. The Morgan fingerprint density at radius 3 is 2.35 bits per heavy atom. The van der Waals surface area contributed by atoms with Crippen LogP contribution in [0.4, 0.5) is 0 Å². The fourth-order valence-corrected chi connectivity index (χ4v) is 3.63. The molecule has 2 N–H and O–H groups in total.